The van der Waals surface area contributed by atoms with Crippen LogP contribution < -0.4 is 0 Å². The zero-order valence-electron chi connectivity index (χ0n) is 17.8. The molecule has 1 fully saturated rings. The van der Waals surface area contributed by atoms with Crippen LogP contribution in [0.4, 0.5) is 0 Å². The van der Waals surface area contributed by atoms with Gasteiger partial charge in [-0.25, -0.2) is 9.97 Å². The number of rotatable bonds is 11. The van der Waals surface area contributed by atoms with E-state index in [1.54, 1.807) is 6.20 Å². The Kier molecular flexibility index (Phi) is 8.92. The third kappa shape index (κ3) is 7.33. The van der Waals surface area contributed by atoms with Crippen LogP contribution in [0.5, 0.6) is 0 Å². The number of carbonyl (C=O) groups excluding carboxylic acids is 2. The normalized spacial score (nSPS) is 20.8. The van der Waals surface area contributed by atoms with Crippen molar-refractivity contribution in [2.45, 2.75) is 83.7 Å². The van der Waals surface area contributed by atoms with Gasteiger partial charge in [-0.2, -0.15) is 0 Å². The lowest BCUT2D eigenvalue weighted by Gasteiger charge is -2.16. The van der Waals surface area contributed by atoms with Gasteiger partial charge in [0.2, 0.25) is 0 Å². The van der Waals surface area contributed by atoms with Crippen molar-refractivity contribution < 1.29 is 23.8 Å². The van der Waals surface area contributed by atoms with E-state index in [1.807, 2.05) is 26.0 Å². The minimum atomic E-state index is -0.711. The lowest BCUT2D eigenvalue weighted by molar-refractivity contribution is -0.144. The van der Waals surface area contributed by atoms with Crippen molar-refractivity contribution in [3.63, 3.8) is 0 Å². The Morgan fingerprint density at radius 3 is 2.72 bits per heavy atom. The summed E-state index contributed by atoms with van der Waals surface area (Å²) in [7, 11) is 1.38. The number of esters is 1. The molecule has 29 heavy (non-hydrogen) atoms. The van der Waals surface area contributed by atoms with Crippen molar-refractivity contribution in [3.8, 4) is 0 Å². The minimum absolute atomic E-state index is 0.0269. The molecule has 0 aliphatic carbocycles. The van der Waals surface area contributed by atoms with Crippen LogP contribution in [0.3, 0.4) is 0 Å². The molecule has 0 bridgehead atoms. The first kappa shape index (κ1) is 23.2. The second-order valence-electron chi connectivity index (χ2n) is 7.67. The average Bonchev–Trinajstić information content (AvgIpc) is 3.00. The van der Waals surface area contributed by atoms with Crippen LogP contribution >= 0.6 is 0 Å². The number of unbranched alkanes of at least 4 members (excludes halogenated alkanes) is 2. The Hall–Kier alpha value is -2.12. The van der Waals surface area contributed by atoms with Crippen LogP contribution in [-0.4, -0.2) is 46.8 Å². The summed E-state index contributed by atoms with van der Waals surface area (Å²) in [6, 6.07) is 0. The molecule has 1 aromatic heterocycles. The molecule has 0 aromatic carbocycles. The second kappa shape index (κ2) is 11.2. The predicted molar refractivity (Wildman–Crippen MR) is 109 cm³/mol. The van der Waals surface area contributed by atoms with Crippen molar-refractivity contribution in [2.75, 3.05) is 7.11 Å². The van der Waals surface area contributed by atoms with Crippen molar-refractivity contribution in [2.24, 2.45) is 0 Å². The molecule has 2 heterocycles. The average molecular weight is 405 g/mol. The van der Waals surface area contributed by atoms with Crippen molar-refractivity contribution in [1.29, 1.82) is 0 Å². The molecule has 0 radical (unpaired) electrons. The van der Waals surface area contributed by atoms with Gasteiger partial charge in [0, 0.05) is 24.6 Å². The van der Waals surface area contributed by atoms with Crippen LogP contribution in [0, 0.1) is 0 Å². The molecule has 160 valence electrons. The quantitative estimate of drug-likeness (QED) is 0.311. The van der Waals surface area contributed by atoms with E-state index in [-0.39, 0.29) is 24.0 Å². The zero-order chi connectivity index (χ0) is 21.3. The van der Waals surface area contributed by atoms with E-state index in [4.69, 9.17) is 9.47 Å². The fourth-order valence-corrected chi connectivity index (χ4v) is 3.35. The second-order valence-corrected chi connectivity index (χ2v) is 7.67. The highest BCUT2D eigenvalue weighted by molar-refractivity contribution is 5.97. The summed E-state index contributed by atoms with van der Waals surface area (Å²) in [6.07, 6.45) is 11.4. The highest BCUT2D eigenvalue weighted by Gasteiger charge is 2.39. The highest BCUT2D eigenvalue weighted by Crippen LogP contribution is 2.32. The summed E-state index contributed by atoms with van der Waals surface area (Å²) in [4.78, 5) is 32.1. The number of nitrogens with zero attached hydrogens (tertiary/aromatic N) is 2. The molecule has 0 N–H and O–H groups in total. The van der Waals surface area contributed by atoms with E-state index in [2.05, 4.69) is 21.6 Å². The molecule has 1 saturated heterocycles. The first-order chi connectivity index (χ1) is 13.9. The predicted octanol–water partition coefficient (Wildman–Crippen LogP) is 4.12. The van der Waals surface area contributed by atoms with E-state index >= 15 is 0 Å². The third-order valence-corrected chi connectivity index (χ3v) is 4.80. The van der Waals surface area contributed by atoms with Gasteiger partial charge in [0.05, 0.1) is 13.2 Å². The monoisotopic (exact) mass is 404 g/mol. The smallest absolute Gasteiger partial charge is 0.305 e. The number of ether oxygens (including phenoxy) is 3. The summed E-state index contributed by atoms with van der Waals surface area (Å²) in [5.74, 6) is -0.918. The molecule has 0 amide bonds. The summed E-state index contributed by atoms with van der Waals surface area (Å²) in [5, 5.41) is 0. The highest BCUT2D eigenvalue weighted by atomic mass is 16.7. The lowest BCUT2D eigenvalue weighted by Crippen LogP contribution is -2.21. The van der Waals surface area contributed by atoms with Gasteiger partial charge < -0.3 is 14.2 Å². The maximum atomic E-state index is 12.5. The van der Waals surface area contributed by atoms with Gasteiger partial charge >= 0.3 is 5.97 Å². The van der Waals surface area contributed by atoms with E-state index in [0.29, 0.717) is 36.9 Å². The van der Waals surface area contributed by atoms with E-state index < -0.39 is 5.79 Å². The number of carbonyl (C=O) groups is 2. The summed E-state index contributed by atoms with van der Waals surface area (Å²) < 4.78 is 16.7. The van der Waals surface area contributed by atoms with Crippen LogP contribution in [0.2, 0.25) is 0 Å². The van der Waals surface area contributed by atoms with Gasteiger partial charge in [-0.15, -0.1) is 0 Å². The fraction of sp³-hybridized carbons (Fsp3) is 0.636. The fourth-order valence-electron chi connectivity index (χ4n) is 3.35. The Labute approximate surface area is 172 Å². The van der Waals surface area contributed by atoms with Crippen molar-refractivity contribution in [1.82, 2.24) is 9.97 Å². The summed E-state index contributed by atoms with van der Waals surface area (Å²) >= 11 is 0. The van der Waals surface area contributed by atoms with Gasteiger partial charge in [0.1, 0.15) is 18.1 Å². The van der Waals surface area contributed by atoms with Gasteiger partial charge in [0.15, 0.2) is 11.6 Å². The standard InChI is InChI=1S/C22H32N2O5/c1-5-6-7-9-17(25)21-16(14-23-15-24-21)12-13-19-18(28-22(2,3)29-19)10-8-11-20(26)27-4/h12-15,18-19H,5-11H2,1-4H3/b13-12+/t18-,19+/m0/s1. The van der Waals surface area contributed by atoms with Gasteiger partial charge in [0.25, 0.3) is 0 Å². The van der Waals surface area contributed by atoms with Crippen LogP contribution in [0.1, 0.15) is 81.8 Å². The van der Waals surface area contributed by atoms with Crippen molar-refractivity contribution in [3.05, 3.63) is 29.9 Å². The maximum absolute atomic E-state index is 12.5. The number of Topliss-reactive ketones (excluding diaryl/α,β-unsaturated/α-hetero) is 1. The Bertz CT molecular complexity index is 717. The molecule has 2 atom stereocenters. The van der Waals surface area contributed by atoms with Gasteiger partial charge in [-0.1, -0.05) is 31.9 Å². The molecule has 2 rings (SSSR count). The van der Waals surface area contributed by atoms with E-state index in [1.165, 1.54) is 13.4 Å². The van der Waals surface area contributed by atoms with Gasteiger partial charge in [-0.05, 0) is 33.1 Å². The Balaban J connectivity index is 2.06. The number of hydrogen-bond donors (Lipinski definition) is 0. The molecule has 7 heteroatoms. The molecule has 0 saturated carbocycles. The van der Waals surface area contributed by atoms with E-state index in [0.717, 1.165) is 19.3 Å². The van der Waals surface area contributed by atoms with Gasteiger partial charge in [-0.3, -0.25) is 9.59 Å². The Morgan fingerprint density at radius 1 is 1.21 bits per heavy atom. The molecule has 1 aliphatic rings. The van der Waals surface area contributed by atoms with Crippen molar-refractivity contribution >= 4 is 17.8 Å². The summed E-state index contributed by atoms with van der Waals surface area (Å²) in [5.41, 5.74) is 1.11. The van der Waals surface area contributed by atoms with Crippen LogP contribution in [-0.2, 0) is 19.0 Å². The molecule has 1 aliphatic heterocycles. The number of aromatic nitrogens is 2. The van der Waals surface area contributed by atoms with Crippen LogP contribution in [0.15, 0.2) is 18.6 Å². The minimum Gasteiger partial charge on any atom is -0.469 e. The third-order valence-electron chi connectivity index (χ3n) is 4.80. The lowest BCUT2D eigenvalue weighted by atomic mass is 10.0. The number of hydrogen-bond acceptors (Lipinski definition) is 7. The van der Waals surface area contributed by atoms with Crippen LogP contribution in [0.25, 0.3) is 6.08 Å². The number of methoxy groups -OCH3 is 1. The summed E-state index contributed by atoms with van der Waals surface area (Å²) in [6.45, 7) is 5.83. The largest absolute Gasteiger partial charge is 0.469 e. The zero-order valence-corrected chi connectivity index (χ0v) is 17.8. The molecule has 0 unspecified atom stereocenters. The molecular weight excluding hydrogens is 372 g/mol. The molecule has 1 aromatic rings. The molecule has 0 spiro atoms. The molecular formula is C22H32N2O5. The molecule has 7 nitrogen and oxygen atoms in total. The first-order valence-electron chi connectivity index (χ1n) is 10.3. The number of ketones is 1. The SMILES string of the molecule is CCCCCC(=O)c1ncncc1/C=C/[C@H]1OC(C)(C)O[C@H]1CCCC(=O)OC. The first-order valence-corrected chi connectivity index (χ1v) is 10.3. The topological polar surface area (TPSA) is 87.6 Å². The van der Waals surface area contributed by atoms with E-state index in [9.17, 15) is 9.59 Å². The maximum Gasteiger partial charge on any atom is 0.305 e. The Morgan fingerprint density at radius 2 is 2.00 bits per heavy atom.